The molecule has 0 saturated carbocycles. The molecular formula is C32H38O7Si. The molecule has 1 aliphatic rings. The van der Waals surface area contributed by atoms with Gasteiger partial charge in [0.1, 0.15) is 6.10 Å². The van der Waals surface area contributed by atoms with E-state index in [0.717, 1.165) is 15.9 Å². The van der Waals surface area contributed by atoms with E-state index in [-0.39, 0.29) is 18.3 Å². The highest BCUT2D eigenvalue weighted by atomic mass is 28.4. The zero-order chi connectivity index (χ0) is 28.8. The summed E-state index contributed by atoms with van der Waals surface area (Å²) in [6, 6.07) is 30.1. The minimum Gasteiger partial charge on any atom is -0.455 e. The van der Waals surface area contributed by atoms with E-state index in [0.29, 0.717) is 0 Å². The summed E-state index contributed by atoms with van der Waals surface area (Å²) < 4.78 is 30.8. The van der Waals surface area contributed by atoms with Gasteiger partial charge in [0, 0.05) is 13.8 Å². The lowest BCUT2D eigenvalue weighted by molar-refractivity contribution is -0.192. The summed E-state index contributed by atoms with van der Waals surface area (Å²) >= 11 is 0. The van der Waals surface area contributed by atoms with Crippen molar-refractivity contribution in [1.82, 2.24) is 0 Å². The van der Waals surface area contributed by atoms with Crippen LogP contribution in [0.15, 0.2) is 91.0 Å². The maximum atomic E-state index is 12.2. The van der Waals surface area contributed by atoms with Crippen LogP contribution in [0.3, 0.4) is 0 Å². The van der Waals surface area contributed by atoms with E-state index >= 15 is 0 Å². The van der Waals surface area contributed by atoms with E-state index in [1.54, 1.807) is 0 Å². The number of carbonyl (C=O) groups excluding carboxylic acids is 2. The van der Waals surface area contributed by atoms with Crippen molar-refractivity contribution in [2.75, 3.05) is 6.61 Å². The van der Waals surface area contributed by atoms with Crippen LogP contribution in [0.1, 0.15) is 40.2 Å². The topological polar surface area (TPSA) is 80.3 Å². The molecule has 212 valence electrons. The van der Waals surface area contributed by atoms with Crippen LogP contribution in [-0.4, -0.2) is 51.5 Å². The third-order valence-corrected chi connectivity index (χ3v) is 12.0. The molecule has 40 heavy (non-hydrogen) atoms. The first-order chi connectivity index (χ1) is 19.1. The molecule has 0 aromatic heterocycles. The predicted octanol–water partition coefficient (Wildman–Crippen LogP) is 4.37. The number of benzene rings is 3. The Hall–Kier alpha value is -3.30. The lowest BCUT2D eigenvalue weighted by Gasteiger charge is -2.43. The minimum absolute atomic E-state index is 0.105. The van der Waals surface area contributed by atoms with Gasteiger partial charge in [-0.1, -0.05) is 112 Å². The van der Waals surface area contributed by atoms with Crippen LogP contribution in [0.2, 0.25) is 5.04 Å². The number of esters is 2. The van der Waals surface area contributed by atoms with Gasteiger partial charge in [-0.15, -0.1) is 0 Å². The Labute approximate surface area is 237 Å². The third kappa shape index (κ3) is 6.70. The maximum absolute atomic E-state index is 12.2. The molecule has 8 heteroatoms. The predicted molar refractivity (Wildman–Crippen MR) is 155 cm³/mol. The van der Waals surface area contributed by atoms with Crippen molar-refractivity contribution < 1.29 is 33.0 Å². The second kappa shape index (κ2) is 12.9. The first-order valence-corrected chi connectivity index (χ1v) is 15.4. The largest absolute Gasteiger partial charge is 0.455 e. The van der Waals surface area contributed by atoms with Crippen LogP contribution >= 0.6 is 0 Å². The van der Waals surface area contributed by atoms with E-state index in [9.17, 15) is 9.59 Å². The van der Waals surface area contributed by atoms with Crippen LogP contribution in [-0.2, 0) is 39.6 Å². The van der Waals surface area contributed by atoms with Crippen molar-refractivity contribution in [3.8, 4) is 0 Å². The van der Waals surface area contributed by atoms with Crippen molar-refractivity contribution in [3.05, 3.63) is 96.6 Å². The second-order valence-corrected chi connectivity index (χ2v) is 15.3. The summed E-state index contributed by atoms with van der Waals surface area (Å²) in [5, 5.41) is 1.97. The number of hydrogen-bond acceptors (Lipinski definition) is 7. The Balaban J connectivity index is 1.68. The molecule has 7 nitrogen and oxygen atoms in total. The minimum atomic E-state index is -2.90. The fourth-order valence-electron chi connectivity index (χ4n) is 5.33. The Morgan fingerprint density at radius 3 is 1.70 bits per heavy atom. The zero-order valence-electron chi connectivity index (χ0n) is 23.7. The van der Waals surface area contributed by atoms with Gasteiger partial charge in [0.15, 0.2) is 18.5 Å². The standard InChI is InChI=1S/C32H38O7Si/c1-23(33)37-29-28(39-31(30(29)38-24(2)34)35-21-25-15-9-6-10-16-25)22-36-40(32(3,4)5,26-17-11-7-12-18-26)27-19-13-8-14-20-27/h6-20,28-31H,21-22H2,1-5H3/t28-,29+,30-,31?/m1/s1. The van der Waals surface area contributed by atoms with Crippen LogP contribution in [0.25, 0.3) is 0 Å². The Bertz CT molecular complexity index is 1210. The molecule has 3 aromatic carbocycles. The van der Waals surface area contributed by atoms with Crippen LogP contribution < -0.4 is 10.4 Å². The molecule has 1 fully saturated rings. The lowest BCUT2D eigenvalue weighted by Crippen LogP contribution is -2.67. The van der Waals surface area contributed by atoms with Gasteiger partial charge in [-0.05, 0) is 21.0 Å². The first kappa shape index (κ1) is 29.7. The molecule has 4 rings (SSSR count). The number of carbonyl (C=O) groups is 2. The second-order valence-electron chi connectivity index (χ2n) is 11.0. The van der Waals surface area contributed by atoms with E-state index in [1.165, 1.54) is 13.8 Å². The Kier molecular flexibility index (Phi) is 9.58. The molecule has 0 bridgehead atoms. The van der Waals surface area contributed by atoms with Gasteiger partial charge in [-0.25, -0.2) is 0 Å². The molecule has 0 amide bonds. The van der Waals surface area contributed by atoms with Crippen molar-refractivity contribution in [2.45, 2.75) is 70.9 Å². The summed E-state index contributed by atoms with van der Waals surface area (Å²) in [6.45, 7) is 9.53. The summed E-state index contributed by atoms with van der Waals surface area (Å²) in [5.74, 6) is -1.03. The number of ether oxygens (including phenoxy) is 4. The van der Waals surface area contributed by atoms with Crippen molar-refractivity contribution in [1.29, 1.82) is 0 Å². The highest BCUT2D eigenvalue weighted by Crippen LogP contribution is 2.38. The molecule has 0 aliphatic carbocycles. The van der Waals surface area contributed by atoms with Gasteiger partial charge in [0.05, 0.1) is 13.2 Å². The third-order valence-electron chi connectivity index (χ3n) is 7.01. The molecule has 1 unspecified atom stereocenters. The smallest absolute Gasteiger partial charge is 0.303 e. The lowest BCUT2D eigenvalue weighted by atomic mass is 10.1. The SMILES string of the molecule is CC(=O)O[C@H]1[C@@H](CO[Si](c2ccccc2)(c2ccccc2)C(C)(C)C)OC(OCc2ccccc2)[C@@H]1OC(C)=O. The number of rotatable bonds is 10. The van der Waals surface area contributed by atoms with Gasteiger partial charge in [0.2, 0.25) is 0 Å². The maximum Gasteiger partial charge on any atom is 0.303 e. The molecule has 4 atom stereocenters. The van der Waals surface area contributed by atoms with Gasteiger partial charge >= 0.3 is 11.9 Å². The molecular weight excluding hydrogens is 524 g/mol. The fourth-order valence-corrected chi connectivity index (χ4v) is 9.90. The Morgan fingerprint density at radius 2 is 1.23 bits per heavy atom. The van der Waals surface area contributed by atoms with Crippen molar-refractivity contribution in [2.24, 2.45) is 0 Å². The van der Waals surface area contributed by atoms with E-state index in [4.69, 9.17) is 23.4 Å². The van der Waals surface area contributed by atoms with E-state index < -0.39 is 44.9 Å². The summed E-state index contributed by atoms with van der Waals surface area (Å²) in [7, 11) is -2.90. The van der Waals surface area contributed by atoms with E-state index in [2.05, 4.69) is 45.0 Å². The molecule has 3 aromatic rings. The van der Waals surface area contributed by atoms with Gasteiger partial charge in [0.25, 0.3) is 8.32 Å². The fraction of sp³-hybridized carbons (Fsp3) is 0.375. The quantitative estimate of drug-likeness (QED) is 0.268. The average Bonchev–Trinajstić information content (AvgIpc) is 3.23. The molecule has 1 saturated heterocycles. The molecule has 1 aliphatic heterocycles. The van der Waals surface area contributed by atoms with Crippen molar-refractivity contribution in [3.63, 3.8) is 0 Å². The zero-order valence-corrected chi connectivity index (χ0v) is 24.7. The molecule has 0 spiro atoms. The highest BCUT2D eigenvalue weighted by molar-refractivity contribution is 6.99. The highest BCUT2D eigenvalue weighted by Gasteiger charge is 2.54. The van der Waals surface area contributed by atoms with Crippen molar-refractivity contribution >= 4 is 30.6 Å². The molecule has 0 N–H and O–H groups in total. The van der Waals surface area contributed by atoms with E-state index in [1.807, 2.05) is 66.7 Å². The summed E-state index contributed by atoms with van der Waals surface area (Å²) in [4.78, 5) is 24.3. The summed E-state index contributed by atoms with van der Waals surface area (Å²) in [5.41, 5.74) is 0.934. The van der Waals surface area contributed by atoms with Crippen LogP contribution in [0.4, 0.5) is 0 Å². The van der Waals surface area contributed by atoms with Crippen LogP contribution in [0.5, 0.6) is 0 Å². The Morgan fingerprint density at radius 1 is 0.750 bits per heavy atom. The summed E-state index contributed by atoms with van der Waals surface area (Å²) in [6.07, 6.45) is -3.52. The van der Waals surface area contributed by atoms with Gasteiger partial charge in [-0.2, -0.15) is 0 Å². The van der Waals surface area contributed by atoms with Crippen LogP contribution in [0, 0.1) is 0 Å². The normalized spacial score (nSPS) is 21.1. The molecule has 1 heterocycles. The number of hydrogen-bond donors (Lipinski definition) is 0. The average molecular weight is 563 g/mol. The molecule has 0 radical (unpaired) electrons. The monoisotopic (exact) mass is 562 g/mol. The van der Waals surface area contributed by atoms with Gasteiger partial charge in [-0.3, -0.25) is 9.59 Å². The first-order valence-electron chi connectivity index (χ1n) is 13.5. The van der Waals surface area contributed by atoms with Gasteiger partial charge < -0.3 is 23.4 Å².